The minimum atomic E-state index is -0.421. The standard InChI is InChI=1S/C14H21BrN2O2/c1-10(2)17-8-11(15)7-12(17)13(19)16-14(9-18)5-3-4-6-14/h7-8,10,18H,3-6,9H2,1-2H3,(H,16,19). The number of aliphatic hydroxyl groups is 1. The van der Waals surface area contributed by atoms with Crippen LogP contribution in [0.25, 0.3) is 0 Å². The molecule has 1 amide bonds. The lowest BCUT2D eigenvalue weighted by atomic mass is 9.99. The Morgan fingerprint density at radius 1 is 1.53 bits per heavy atom. The van der Waals surface area contributed by atoms with E-state index in [1.165, 1.54) is 0 Å². The van der Waals surface area contributed by atoms with Gasteiger partial charge in [-0.05, 0) is 48.7 Å². The molecular formula is C14H21BrN2O2. The third-order valence-corrected chi connectivity index (χ3v) is 4.28. The highest BCUT2D eigenvalue weighted by molar-refractivity contribution is 9.10. The van der Waals surface area contributed by atoms with Gasteiger partial charge in [-0.15, -0.1) is 0 Å². The zero-order chi connectivity index (χ0) is 14.0. The average Bonchev–Trinajstić information content (AvgIpc) is 2.96. The van der Waals surface area contributed by atoms with Crippen molar-refractivity contribution in [3.05, 3.63) is 22.4 Å². The summed E-state index contributed by atoms with van der Waals surface area (Å²) in [5.74, 6) is -0.102. The number of hydrogen-bond donors (Lipinski definition) is 2. The molecule has 0 unspecified atom stereocenters. The molecule has 2 N–H and O–H groups in total. The van der Waals surface area contributed by atoms with Crippen molar-refractivity contribution < 1.29 is 9.90 Å². The maximum atomic E-state index is 12.4. The minimum absolute atomic E-state index is 0.0162. The van der Waals surface area contributed by atoms with Crippen molar-refractivity contribution in [2.24, 2.45) is 0 Å². The first kappa shape index (κ1) is 14.6. The Bertz CT molecular complexity index is 462. The van der Waals surface area contributed by atoms with Gasteiger partial charge in [0.05, 0.1) is 12.1 Å². The van der Waals surface area contributed by atoms with E-state index in [1.807, 2.05) is 30.7 Å². The van der Waals surface area contributed by atoms with Crippen LogP contribution < -0.4 is 5.32 Å². The Morgan fingerprint density at radius 2 is 2.16 bits per heavy atom. The number of amides is 1. The van der Waals surface area contributed by atoms with E-state index in [2.05, 4.69) is 21.2 Å². The predicted octanol–water partition coefficient (Wildman–Crippen LogP) is 2.87. The van der Waals surface area contributed by atoms with Crippen LogP contribution in [0.3, 0.4) is 0 Å². The van der Waals surface area contributed by atoms with Crippen LogP contribution in [0.15, 0.2) is 16.7 Å². The summed E-state index contributed by atoms with van der Waals surface area (Å²) in [5, 5.41) is 12.6. The molecule has 1 aliphatic carbocycles. The maximum Gasteiger partial charge on any atom is 0.268 e. The van der Waals surface area contributed by atoms with Crippen LogP contribution in [0, 0.1) is 0 Å². The van der Waals surface area contributed by atoms with Crippen LogP contribution in [-0.4, -0.2) is 27.7 Å². The van der Waals surface area contributed by atoms with Crippen molar-refractivity contribution in [3.8, 4) is 0 Å². The molecule has 5 heteroatoms. The number of nitrogens with zero attached hydrogens (tertiary/aromatic N) is 1. The molecule has 1 heterocycles. The molecule has 0 saturated heterocycles. The summed E-state index contributed by atoms with van der Waals surface area (Å²) < 4.78 is 2.84. The van der Waals surface area contributed by atoms with Crippen molar-refractivity contribution in [1.82, 2.24) is 9.88 Å². The number of aliphatic hydroxyl groups excluding tert-OH is 1. The topological polar surface area (TPSA) is 54.3 Å². The lowest BCUT2D eigenvalue weighted by molar-refractivity contribution is 0.0827. The highest BCUT2D eigenvalue weighted by Crippen LogP contribution is 2.30. The molecule has 19 heavy (non-hydrogen) atoms. The Morgan fingerprint density at radius 3 is 2.68 bits per heavy atom. The Hall–Kier alpha value is -0.810. The van der Waals surface area contributed by atoms with Crippen molar-refractivity contribution in [3.63, 3.8) is 0 Å². The zero-order valence-electron chi connectivity index (χ0n) is 11.4. The first-order chi connectivity index (χ1) is 8.97. The normalized spacial score (nSPS) is 17.9. The average molecular weight is 329 g/mol. The van der Waals surface area contributed by atoms with Gasteiger partial charge in [0.15, 0.2) is 0 Å². The van der Waals surface area contributed by atoms with E-state index in [0.717, 1.165) is 30.2 Å². The number of carbonyl (C=O) groups excluding carboxylic acids is 1. The van der Waals surface area contributed by atoms with Crippen LogP contribution >= 0.6 is 15.9 Å². The van der Waals surface area contributed by atoms with Gasteiger partial charge in [-0.3, -0.25) is 4.79 Å². The lowest BCUT2D eigenvalue weighted by Gasteiger charge is -2.28. The van der Waals surface area contributed by atoms with Crippen molar-refractivity contribution in [2.75, 3.05) is 6.61 Å². The predicted molar refractivity (Wildman–Crippen MR) is 78.3 cm³/mol. The molecule has 1 saturated carbocycles. The molecule has 0 radical (unpaired) electrons. The monoisotopic (exact) mass is 328 g/mol. The molecule has 0 spiro atoms. The smallest absolute Gasteiger partial charge is 0.268 e. The first-order valence-electron chi connectivity index (χ1n) is 6.78. The van der Waals surface area contributed by atoms with Gasteiger partial charge in [-0.1, -0.05) is 12.8 Å². The van der Waals surface area contributed by atoms with Crippen molar-refractivity contribution in [2.45, 2.75) is 51.1 Å². The maximum absolute atomic E-state index is 12.4. The minimum Gasteiger partial charge on any atom is -0.394 e. The van der Waals surface area contributed by atoms with E-state index < -0.39 is 5.54 Å². The van der Waals surface area contributed by atoms with Gasteiger partial charge in [0, 0.05) is 16.7 Å². The summed E-state index contributed by atoms with van der Waals surface area (Å²) in [6.45, 7) is 4.10. The Labute approximate surface area is 122 Å². The summed E-state index contributed by atoms with van der Waals surface area (Å²) in [6, 6.07) is 2.05. The number of rotatable bonds is 4. The van der Waals surface area contributed by atoms with E-state index in [-0.39, 0.29) is 18.6 Å². The highest BCUT2D eigenvalue weighted by atomic mass is 79.9. The van der Waals surface area contributed by atoms with Gasteiger partial charge in [0.25, 0.3) is 5.91 Å². The lowest BCUT2D eigenvalue weighted by Crippen LogP contribution is -2.49. The third-order valence-electron chi connectivity index (χ3n) is 3.85. The second-order valence-electron chi connectivity index (χ2n) is 5.64. The van der Waals surface area contributed by atoms with E-state index in [1.54, 1.807) is 0 Å². The van der Waals surface area contributed by atoms with E-state index in [0.29, 0.717) is 5.69 Å². The van der Waals surface area contributed by atoms with Crippen molar-refractivity contribution >= 4 is 21.8 Å². The fourth-order valence-corrected chi connectivity index (χ4v) is 3.17. The molecule has 106 valence electrons. The molecule has 0 aliphatic heterocycles. The van der Waals surface area contributed by atoms with Crippen LogP contribution in [0.1, 0.15) is 56.1 Å². The fraction of sp³-hybridized carbons (Fsp3) is 0.643. The summed E-state index contributed by atoms with van der Waals surface area (Å²) in [7, 11) is 0. The fourth-order valence-electron chi connectivity index (χ4n) is 2.73. The van der Waals surface area contributed by atoms with E-state index >= 15 is 0 Å². The number of carbonyl (C=O) groups is 1. The molecule has 1 aliphatic rings. The van der Waals surface area contributed by atoms with Crippen LogP contribution in [-0.2, 0) is 0 Å². The number of hydrogen-bond acceptors (Lipinski definition) is 2. The molecule has 0 bridgehead atoms. The summed E-state index contributed by atoms with van der Waals surface area (Å²) in [4.78, 5) is 12.4. The number of halogens is 1. The molecular weight excluding hydrogens is 308 g/mol. The molecule has 1 aromatic rings. The second-order valence-corrected chi connectivity index (χ2v) is 6.56. The Kier molecular flexibility index (Phi) is 4.36. The van der Waals surface area contributed by atoms with Gasteiger partial charge in [0.2, 0.25) is 0 Å². The van der Waals surface area contributed by atoms with Gasteiger partial charge in [0.1, 0.15) is 5.69 Å². The van der Waals surface area contributed by atoms with Crippen LogP contribution in [0.2, 0.25) is 0 Å². The van der Waals surface area contributed by atoms with E-state index in [4.69, 9.17) is 0 Å². The molecule has 4 nitrogen and oxygen atoms in total. The summed E-state index contributed by atoms with van der Waals surface area (Å²) >= 11 is 3.41. The van der Waals surface area contributed by atoms with Crippen LogP contribution in [0.5, 0.6) is 0 Å². The number of aromatic nitrogens is 1. The van der Waals surface area contributed by atoms with Gasteiger partial charge >= 0.3 is 0 Å². The van der Waals surface area contributed by atoms with Crippen LogP contribution in [0.4, 0.5) is 0 Å². The zero-order valence-corrected chi connectivity index (χ0v) is 13.0. The molecule has 1 aromatic heterocycles. The Balaban J connectivity index is 2.20. The molecule has 1 fully saturated rings. The summed E-state index contributed by atoms with van der Waals surface area (Å²) in [5.41, 5.74) is 0.219. The first-order valence-corrected chi connectivity index (χ1v) is 7.57. The summed E-state index contributed by atoms with van der Waals surface area (Å²) in [6.07, 6.45) is 5.77. The SMILES string of the molecule is CC(C)n1cc(Br)cc1C(=O)NC1(CO)CCCC1. The van der Waals surface area contributed by atoms with Gasteiger partial charge in [-0.2, -0.15) is 0 Å². The third kappa shape index (κ3) is 3.03. The second kappa shape index (κ2) is 5.67. The number of nitrogens with one attached hydrogen (secondary N) is 1. The largest absolute Gasteiger partial charge is 0.394 e. The van der Waals surface area contributed by atoms with E-state index in [9.17, 15) is 9.90 Å². The molecule has 0 atom stereocenters. The quantitative estimate of drug-likeness (QED) is 0.892. The molecule has 2 rings (SSSR count). The van der Waals surface area contributed by atoms with Gasteiger partial charge in [-0.25, -0.2) is 0 Å². The van der Waals surface area contributed by atoms with Gasteiger partial charge < -0.3 is 15.0 Å². The highest BCUT2D eigenvalue weighted by Gasteiger charge is 2.35. The molecule has 0 aromatic carbocycles. The van der Waals surface area contributed by atoms with Crippen molar-refractivity contribution in [1.29, 1.82) is 0 Å².